The second-order valence-electron chi connectivity index (χ2n) is 6.49. The van der Waals surface area contributed by atoms with E-state index in [-0.39, 0.29) is 5.60 Å². The third-order valence-electron chi connectivity index (χ3n) is 5.25. The van der Waals surface area contributed by atoms with Crippen LogP contribution in [0.5, 0.6) is 0 Å². The highest BCUT2D eigenvalue weighted by atomic mass is 32.2. The molecule has 3 aliphatic heterocycles. The molecule has 3 aliphatic rings. The third-order valence-corrected chi connectivity index (χ3v) is 6.73. The fraction of sp³-hybridized carbons (Fsp3) is 1.00. The number of nitrogens with two attached hydrogens (primary N) is 1. The van der Waals surface area contributed by atoms with Gasteiger partial charge in [-0.05, 0) is 50.2 Å². The Morgan fingerprint density at radius 2 is 2.00 bits per heavy atom. The summed E-state index contributed by atoms with van der Waals surface area (Å²) >= 11 is 2.12. The molecule has 5 heteroatoms. The Hall–Kier alpha value is 0.190. The van der Waals surface area contributed by atoms with Gasteiger partial charge in [-0.15, -0.1) is 0 Å². The topological polar surface area (TPSA) is 56.5 Å². The molecule has 116 valence electrons. The van der Waals surface area contributed by atoms with Gasteiger partial charge < -0.3 is 9.47 Å². The van der Waals surface area contributed by atoms with Crippen molar-refractivity contribution < 1.29 is 9.47 Å². The van der Waals surface area contributed by atoms with Gasteiger partial charge in [0.25, 0.3) is 0 Å². The molecule has 3 N–H and O–H groups in total. The third kappa shape index (κ3) is 3.33. The molecule has 0 amide bonds. The van der Waals surface area contributed by atoms with Gasteiger partial charge in [-0.1, -0.05) is 6.42 Å². The lowest BCUT2D eigenvalue weighted by Gasteiger charge is -2.46. The fourth-order valence-corrected chi connectivity index (χ4v) is 5.57. The Morgan fingerprint density at radius 3 is 2.70 bits per heavy atom. The highest BCUT2D eigenvalue weighted by Gasteiger charge is 2.42. The molecule has 3 rings (SSSR count). The van der Waals surface area contributed by atoms with Crippen LogP contribution in [0.4, 0.5) is 0 Å². The number of hydrogen-bond donors (Lipinski definition) is 2. The van der Waals surface area contributed by atoms with Crippen molar-refractivity contribution in [2.45, 2.75) is 61.8 Å². The number of hydrogen-bond acceptors (Lipinski definition) is 5. The maximum atomic E-state index is 6.16. The number of ether oxygens (including phenoxy) is 2. The quantitative estimate of drug-likeness (QED) is 0.617. The molecule has 0 aliphatic carbocycles. The Morgan fingerprint density at radius 1 is 1.15 bits per heavy atom. The molecule has 3 unspecified atom stereocenters. The Bertz CT molecular complexity index is 299. The van der Waals surface area contributed by atoms with Crippen molar-refractivity contribution >= 4 is 11.8 Å². The van der Waals surface area contributed by atoms with Crippen LogP contribution in [-0.4, -0.2) is 42.5 Å². The summed E-state index contributed by atoms with van der Waals surface area (Å²) in [6, 6.07) is 0.448. The van der Waals surface area contributed by atoms with Gasteiger partial charge >= 0.3 is 0 Å². The zero-order chi connectivity index (χ0) is 13.8. The number of hydrazine groups is 1. The predicted molar refractivity (Wildman–Crippen MR) is 82.7 cm³/mol. The van der Waals surface area contributed by atoms with Crippen molar-refractivity contribution in [1.29, 1.82) is 0 Å². The molecule has 3 atom stereocenters. The van der Waals surface area contributed by atoms with Gasteiger partial charge in [0.05, 0.1) is 5.60 Å². The number of rotatable bonds is 3. The smallest absolute Gasteiger partial charge is 0.0729 e. The fourth-order valence-electron chi connectivity index (χ4n) is 4.06. The summed E-state index contributed by atoms with van der Waals surface area (Å²) in [6.45, 7) is 2.59. The van der Waals surface area contributed by atoms with Gasteiger partial charge in [0.1, 0.15) is 0 Å². The summed E-state index contributed by atoms with van der Waals surface area (Å²) < 4.78 is 11.7. The molecule has 3 fully saturated rings. The van der Waals surface area contributed by atoms with Crippen molar-refractivity contribution in [1.82, 2.24) is 5.43 Å². The van der Waals surface area contributed by atoms with Gasteiger partial charge in [0.15, 0.2) is 0 Å². The second kappa shape index (κ2) is 6.97. The summed E-state index contributed by atoms with van der Waals surface area (Å²) in [7, 11) is 0. The summed E-state index contributed by atoms with van der Waals surface area (Å²) in [5.74, 6) is 7.88. The van der Waals surface area contributed by atoms with E-state index >= 15 is 0 Å². The van der Waals surface area contributed by atoms with E-state index in [0.29, 0.717) is 17.2 Å². The van der Waals surface area contributed by atoms with Crippen LogP contribution in [0.25, 0.3) is 0 Å². The van der Waals surface area contributed by atoms with Crippen LogP contribution in [0.1, 0.15) is 44.9 Å². The van der Waals surface area contributed by atoms with E-state index in [9.17, 15) is 0 Å². The zero-order valence-corrected chi connectivity index (χ0v) is 13.1. The molecule has 3 saturated heterocycles. The minimum absolute atomic E-state index is 0.0790. The van der Waals surface area contributed by atoms with Crippen LogP contribution < -0.4 is 11.3 Å². The average molecular weight is 300 g/mol. The van der Waals surface area contributed by atoms with E-state index < -0.39 is 0 Å². The molecule has 3 heterocycles. The molecule has 0 radical (unpaired) electrons. The lowest BCUT2D eigenvalue weighted by atomic mass is 9.76. The highest BCUT2D eigenvalue weighted by molar-refractivity contribution is 8.00. The largest absolute Gasteiger partial charge is 0.381 e. The lowest BCUT2D eigenvalue weighted by Crippen LogP contribution is -2.54. The zero-order valence-electron chi connectivity index (χ0n) is 12.3. The van der Waals surface area contributed by atoms with Crippen LogP contribution in [0.2, 0.25) is 0 Å². The van der Waals surface area contributed by atoms with Gasteiger partial charge in [0.2, 0.25) is 0 Å². The molecule has 0 saturated carbocycles. The van der Waals surface area contributed by atoms with Crippen molar-refractivity contribution in [3.63, 3.8) is 0 Å². The van der Waals surface area contributed by atoms with Gasteiger partial charge in [0, 0.05) is 31.1 Å². The maximum absolute atomic E-state index is 6.16. The minimum Gasteiger partial charge on any atom is -0.381 e. The van der Waals surface area contributed by atoms with Crippen molar-refractivity contribution in [3.05, 3.63) is 0 Å². The molecule has 0 aromatic heterocycles. The second-order valence-corrected chi connectivity index (χ2v) is 7.84. The molecular formula is C15H28N2O2S. The first-order chi connectivity index (χ1) is 9.83. The molecule has 20 heavy (non-hydrogen) atoms. The Labute approximate surface area is 126 Å². The number of nitrogens with one attached hydrogen (secondary N) is 1. The van der Waals surface area contributed by atoms with Crippen LogP contribution >= 0.6 is 11.8 Å². The SMILES string of the molecule is NNC(C1CCOC2(CCOCC2)C1)C1CCCCS1. The Balaban J connectivity index is 1.64. The molecule has 1 spiro atoms. The van der Waals surface area contributed by atoms with E-state index in [1.807, 2.05) is 0 Å². The molecule has 0 aromatic carbocycles. The first kappa shape index (κ1) is 15.1. The molecule has 0 bridgehead atoms. The van der Waals surface area contributed by atoms with Crippen LogP contribution in [0.15, 0.2) is 0 Å². The van der Waals surface area contributed by atoms with E-state index in [0.717, 1.165) is 45.5 Å². The van der Waals surface area contributed by atoms with Crippen molar-refractivity contribution in [2.75, 3.05) is 25.6 Å². The predicted octanol–water partition coefficient (Wildman–Crippen LogP) is 2.08. The first-order valence-electron chi connectivity index (χ1n) is 8.12. The summed E-state index contributed by atoms with van der Waals surface area (Å²) in [4.78, 5) is 0. The maximum Gasteiger partial charge on any atom is 0.0729 e. The van der Waals surface area contributed by atoms with Gasteiger partial charge in [-0.25, -0.2) is 0 Å². The van der Waals surface area contributed by atoms with Crippen LogP contribution in [0.3, 0.4) is 0 Å². The highest BCUT2D eigenvalue weighted by Crippen LogP contribution is 2.41. The van der Waals surface area contributed by atoms with Gasteiger partial charge in [-0.3, -0.25) is 11.3 Å². The molecular weight excluding hydrogens is 272 g/mol. The van der Waals surface area contributed by atoms with Crippen molar-refractivity contribution in [2.24, 2.45) is 11.8 Å². The minimum atomic E-state index is 0.0790. The summed E-state index contributed by atoms with van der Waals surface area (Å²) in [6.07, 6.45) is 8.45. The van der Waals surface area contributed by atoms with Crippen molar-refractivity contribution in [3.8, 4) is 0 Å². The van der Waals surface area contributed by atoms with E-state index in [2.05, 4.69) is 17.2 Å². The van der Waals surface area contributed by atoms with Gasteiger partial charge in [-0.2, -0.15) is 11.8 Å². The standard InChI is InChI=1S/C15H28N2O2S/c16-17-14(13-3-1-2-10-20-13)12-4-7-19-15(11-12)5-8-18-9-6-15/h12-14,17H,1-11,16H2. The molecule has 0 aromatic rings. The normalized spacial score (nSPS) is 35.9. The van der Waals surface area contributed by atoms with Crippen LogP contribution in [0, 0.1) is 5.92 Å². The summed E-state index contributed by atoms with van der Waals surface area (Å²) in [5.41, 5.74) is 3.23. The van der Waals surface area contributed by atoms with E-state index in [4.69, 9.17) is 15.3 Å². The number of thioether (sulfide) groups is 1. The first-order valence-corrected chi connectivity index (χ1v) is 9.17. The van der Waals surface area contributed by atoms with Crippen LogP contribution in [-0.2, 0) is 9.47 Å². The monoisotopic (exact) mass is 300 g/mol. The lowest BCUT2D eigenvalue weighted by molar-refractivity contribution is -0.150. The Kier molecular flexibility index (Phi) is 5.26. The summed E-state index contributed by atoms with van der Waals surface area (Å²) in [5, 5.41) is 0.689. The van der Waals surface area contributed by atoms with E-state index in [1.54, 1.807) is 0 Å². The average Bonchev–Trinajstić information content (AvgIpc) is 2.50. The van der Waals surface area contributed by atoms with E-state index in [1.165, 1.54) is 25.0 Å². The molecule has 4 nitrogen and oxygen atoms in total.